The first-order chi connectivity index (χ1) is 8.99. The third kappa shape index (κ3) is 2.93. The van der Waals surface area contributed by atoms with E-state index < -0.39 is 12.1 Å². The number of rotatable bonds is 3. The van der Waals surface area contributed by atoms with Crippen LogP contribution in [0.15, 0.2) is 22.6 Å². The molecule has 5 nitrogen and oxygen atoms in total. The van der Waals surface area contributed by atoms with Crippen LogP contribution in [0.5, 0.6) is 0 Å². The SMILES string of the molecule is Cc1nnc(C(C)OC(=O)c2cccc(C)c2Cl)o1. The lowest BCUT2D eigenvalue weighted by atomic mass is 10.1. The summed E-state index contributed by atoms with van der Waals surface area (Å²) in [6, 6.07) is 5.19. The summed E-state index contributed by atoms with van der Waals surface area (Å²) in [6.07, 6.45) is -0.620. The summed E-state index contributed by atoms with van der Waals surface area (Å²) in [5.41, 5.74) is 1.14. The molecule has 100 valence electrons. The van der Waals surface area contributed by atoms with Gasteiger partial charge in [-0.15, -0.1) is 10.2 Å². The van der Waals surface area contributed by atoms with Gasteiger partial charge in [0.15, 0.2) is 6.10 Å². The Morgan fingerprint density at radius 1 is 1.37 bits per heavy atom. The first kappa shape index (κ1) is 13.5. The first-order valence-corrected chi connectivity index (χ1v) is 6.13. The van der Waals surface area contributed by atoms with Gasteiger partial charge in [0.05, 0.1) is 10.6 Å². The smallest absolute Gasteiger partial charge is 0.340 e. The molecule has 0 bridgehead atoms. The number of benzene rings is 1. The van der Waals surface area contributed by atoms with Crippen molar-refractivity contribution in [3.63, 3.8) is 0 Å². The topological polar surface area (TPSA) is 65.2 Å². The van der Waals surface area contributed by atoms with Gasteiger partial charge in [-0.2, -0.15) is 0 Å². The molecular weight excluding hydrogens is 268 g/mol. The molecule has 0 saturated carbocycles. The lowest BCUT2D eigenvalue weighted by molar-refractivity contribution is 0.0277. The van der Waals surface area contributed by atoms with Crippen molar-refractivity contribution in [2.45, 2.75) is 26.9 Å². The van der Waals surface area contributed by atoms with E-state index in [2.05, 4.69) is 10.2 Å². The van der Waals surface area contributed by atoms with Crippen LogP contribution in [0, 0.1) is 13.8 Å². The maximum atomic E-state index is 12.0. The molecule has 2 rings (SSSR count). The zero-order valence-corrected chi connectivity index (χ0v) is 11.6. The van der Waals surface area contributed by atoms with Gasteiger partial charge in [-0.05, 0) is 25.5 Å². The van der Waals surface area contributed by atoms with Crippen LogP contribution in [-0.2, 0) is 4.74 Å². The van der Waals surface area contributed by atoms with Crippen LogP contribution in [0.4, 0.5) is 0 Å². The van der Waals surface area contributed by atoms with Crippen LogP contribution in [0.25, 0.3) is 0 Å². The van der Waals surface area contributed by atoms with E-state index in [0.29, 0.717) is 16.5 Å². The molecule has 1 aromatic heterocycles. The Morgan fingerprint density at radius 2 is 2.11 bits per heavy atom. The van der Waals surface area contributed by atoms with Crippen molar-refractivity contribution in [1.82, 2.24) is 10.2 Å². The van der Waals surface area contributed by atoms with Crippen LogP contribution in [0.1, 0.15) is 40.7 Å². The molecular formula is C13H13ClN2O3. The van der Waals surface area contributed by atoms with Gasteiger partial charge in [-0.1, -0.05) is 23.7 Å². The highest BCUT2D eigenvalue weighted by Crippen LogP contribution is 2.23. The molecule has 0 radical (unpaired) electrons. The Labute approximate surface area is 115 Å². The third-order valence-corrected chi connectivity index (χ3v) is 3.09. The second kappa shape index (κ2) is 5.40. The summed E-state index contributed by atoms with van der Waals surface area (Å²) >= 11 is 6.07. The number of carbonyl (C=O) groups excluding carboxylic acids is 1. The Bertz CT molecular complexity index is 610. The molecule has 0 N–H and O–H groups in total. The maximum absolute atomic E-state index is 12.0. The minimum Gasteiger partial charge on any atom is -0.449 e. The molecule has 1 atom stereocenters. The van der Waals surface area contributed by atoms with E-state index in [4.69, 9.17) is 20.8 Å². The van der Waals surface area contributed by atoms with Crippen molar-refractivity contribution >= 4 is 17.6 Å². The molecule has 2 aromatic rings. The lowest BCUT2D eigenvalue weighted by Crippen LogP contribution is -2.10. The number of hydrogen-bond donors (Lipinski definition) is 0. The van der Waals surface area contributed by atoms with Gasteiger partial charge in [-0.3, -0.25) is 0 Å². The van der Waals surface area contributed by atoms with E-state index >= 15 is 0 Å². The highest BCUT2D eigenvalue weighted by atomic mass is 35.5. The summed E-state index contributed by atoms with van der Waals surface area (Å²) in [5.74, 6) is 0.165. The molecule has 0 fully saturated rings. The van der Waals surface area contributed by atoms with Crippen LogP contribution in [0.2, 0.25) is 5.02 Å². The third-order valence-electron chi connectivity index (χ3n) is 2.58. The highest BCUT2D eigenvalue weighted by Gasteiger charge is 2.20. The fraction of sp³-hybridized carbons (Fsp3) is 0.308. The monoisotopic (exact) mass is 280 g/mol. The summed E-state index contributed by atoms with van der Waals surface area (Å²) in [4.78, 5) is 12.0. The van der Waals surface area contributed by atoms with E-state index in [9.17, 15) is 4.79 Å². The zero-order valence-electron chi connectivity index (χ0n) is 10.8. The molecule has 0 amide bonds. The zero-order chi connectivity index (χ0) is 14.0. The Hall–Kier alpha value is -1.88. The van der Waals surface area contributed by atoms with Crippen LogP contribution in [-0.4, -0.2) is 16.2 Å². The quantitative estimate of drug-likeness (QED) is 0.808. The van der Waals surface area contributed by atoms with E-state index in [-0.39, 0.29) is 5.89 Å². The summed E-state index contributed by atoms with van der Waals surface area (Å²) in [5, 5.41) is 7.88. The summed E-state index contributed by atoms with van der Waals surface area (Å²) < 4.78 is 10.5. The van der Waals surface area contributed by atoms with Crippen LogP contribution >= 0.6 is 11.6 Å². The Morgan fingerprint density at radius 3 is 2.74 bits per heavy atom. The second-order valence-corrected chi connectivity index (χ2v) is 4.52. The van der Waals surface area contributed by atoms with Crippen molar-refractivity contribution < 1.29 is 13.9 Å². The largest absolute Gasteiger partial charge is 0.449 e. The molecule has 0 aliphatic carbocycles. The summed E-state index contributed by atoms with van der Waals surface area (Å²) in [7, 11) is 0. The molecule has 1 aromatic carbocycles. The van der Waals surface area contributed by atoms with E-state index in [1.807, 2.05) is 13.0 Å². The fourth-order valence-electron chi connectivity index (χ4n) is 1.56. The number of ether oxygens (including phenoxy) is 1. The maximum Gasteiger partial charge on any atom is 0.340 e. The molecule has 0 aliphatic heterocycles. The van der Waals surface area contributed by atoms with E-state index in [1.54, 1.807) is 26.0 Å². The van der Waals surface area contributed by atoms with Crippen LogP contribution in [0.3, 0.4) is 0 Å². The number of halogens is 1. The predicted octanol–water partition coefficient (Wildman–Crippen LogP) is 3.26. The summed E-state index contributed by atoms with van der Waals surface area (Å²) in [6.45, 7) is 5.15. The van der Waals surface area contributed by atoms with E-state index in [1.165, 1.54) is 0 Å². The van der Waals surface area contributed by atoms with Gasteiger partial charge in [-0.25, -0.2) is 4.79 Å². The van der Waals surface area contributed by atoms with Crippen molar-refractivity contribution in [2.24, 2.45) is 0 Å². The van der Waals surface area contributed by atoms with E-state index in [0.717, 1.165) is 5.56 Å². The predicted molar refractivity (Wildman–Crippen MR) is 69.1 cm³/mol. The van der Waals surface area contributed by atoms with Crippen molar-refractivity contribution in [3.05, 3.63) is 46.1 Å². The van der Waals surface area contributed by atoms with Crippen LogP contribution < -0.4 is 0 Å². The van der Waals surface area contributed by atoms with Crippen molar-refractivity contribution in [1.29, 1.82) is 0 Å². The van der Waals surface area contributed by atoms with Gasteiger partial charge in [0, 0.05) is 6.92 Å². The average molecular weight is 281 g/mol. The molecule has 0 saturated heterocycles. The molecule has 0 aliphatic rings. The molecule has 1 unspecified atom stereocenters. The number of nitrogens with zero attached hydrogens (tertiary/aromatic N) is 2. The van der Waals surface area contributed by atoms with Gasteiger partial charge in [0.25, 0.3) is 5.89 Å². The number of esters is 1. The minimum absolute atomic E-state index is 0.259. The fourth-order valence-corrected chi connectivity index (χ4v) is 1.76. The van der Waals surface area contributed by atoms with Crippen molar-refractivity contribution in [2.75, 3.05) is 0 Å². The second-order valence-electron chi connectivity index (χ2n) is 4.14. The molecule has 0 spiro atoms. The lowest BCUT2D eigenvalue weighted by Gasteiger charge is -2.11. The number of carbonyl (C=O) groups is 1. The number of aromatic nitrogens is 2. The molecule has 19 heavy (non-hydrogen) atoms. The Balaban J connectivity index is 2.15. The standard InChI is InChI=1S/C13H13ClN2O3/c1-7-5-4-6-10(11(7)14)13(17)18-8(2)12-16-15-9(3)19-12/h4-6,8H,1-3H3. The van der Waals surface area contributed by atoms with Gasteiger partial charge < -0.3 is 9.15 Å². The Kier molecular flexibility index (Phi) is 3.85. The molecule has 6 heteroatoms. The highest BCUT2D eigenvalue weighted by molar-refractivity contribution is 6.34. The van der Waals surface area contributed by atoms with Gasteiger partial charge >= 0.3 is 5.97 Å². The number of aryl methyl sites for hydroxylation is 2. The van der Waals surface area contributed by atoms with Crippen molar-refractivity contribution in [3.8, 4) is 0 Å². The first-order valence-electron chi connectivity index (χ1n) is 5.75. The van der Waals surface area contributed by atoms with Gasteiger partial charge in [0.1, 0.15) is 0 Å². The van der Waals surface area contributed by atoms with Gasteiger partial charge in [0.2, 0.25) is 5.89 Å². The minimum atomic E-state index is -0.620. The molecule has 1 heterocycles. The number of hydrogen-bond acceptors (Lipinski definition) is 5. The average Bonchev–Trinajstić information content (AvgIpc) is 2.79. The normalized spacial score (nSPS) is 12.2.